The maximum absolute atomic E-state index is 12.0. The van der Waals surface area contributed by atoms with Crippen LogP contribution in [0.1, 0.15) is 16.7 Å². The van der Waals surface area contributed by atoms with Crippen molar-refractivity contribution in [3.63, 3.8) is 0 Å². The second-order valence-electron chi connectivity index (χ2n) is 6.00. The van der Waals surface area contributed by atoms with Crippen molar-refractivity contribution in [2.45, 2.75) is 25.2 Å². The first-order valence-corrected chi connectivity index (χ1v) is 9.75. The van der Waals surface area contributed by atoms with Crippen molar-refractivity contribution in [2.24, 2.45) is 0 Å². The van der Waals surface area contributed by atoms with Gasteiger partial charge in [0.25, 0.3) is 5.91 Å². The number of amides is 1. The largest absolute Gasteiger partial charge is 0.455 e. The van der Waals surface area contributed by atoms with E-state index in [1.54, 1.807) is 19.1 Å². The van der Waals surface area contributed by atoms with E-state index < -0.39 is 28.5 Å². The molecule has 0 radical (unpaired) electrons. The highest BCUT2D eigenvalue weighted by molar-refractivity contribution is 7.89. The van der Waals surface area contributed by atoms with Crippen molar-refractivity contribution in [1.29, 1.82) is 0 Å². The zero-order valence-electron chi connectivity index (χ0n) is 15.4. The van der Waals surface area contributed by atoms with Crippen molar-refractivity contribution < 1.29 is 22.7 Å². The van der Waals surface area contributed by atoms with Gasteiger partial charge in [0.05, 0.1) is 11.3 Å². The Hall–Kier alpha value is -2.71. The lowest BCUT2D eigenvalue weighted by atomic mass is 10.1. The third-order valence-electron chi connectivity index (χ3n) is 3.99. The summed E-state index contributed by atoms with van der Waals surface area (Å²) in [6.07, 6.45) is 0.0784. The third kappa shape index (κ3) is 5.63. The zero-order chi connectivity index (χ0) is 20.0. The lowest BCUT2D eigenvalue weighted by molar-refractivity contribution is -0.146. The summed E-state index contributed by atoms with van der Waals surface area (Å²) in [5.74, 6) is -1.06. The number of carbonyl (C=O) groups excluding carboxylic acids is 2. The van der Waals surface area contributed by atoms with Crippen molar-refractivity contribution in [3.05, 3.63) is 59.2 Å². The van der Waals surface area contributed by atoms with Crippen molar-refractivity contribution >= 4 is 27.6 Å². The van der Waals surface area contributed by atoms with E-state index in [0.717, 1.165) is 11.1 Å². The maximum Gasteiger partial charge on any atom is 0.310 e. The first-order chi connectivity index (χ1) is 12.7. The highest BCUT2D eigenvalue weighted by Gasteiger charge is 2.16. The summed E-state index contributed by atoms with van der Waals surface area (Å²) in [5, 5.41) is 2.53. The highest BCUT2D eigenvalue weighted by Crippen LogP contribution is 2.20. The Labute approximate surface area is 158 Å². The van der Waals surface area contributed by atoms with Crippen molar-refractivity contribution in [3.8, 4) is 0 Å². The molecule has 0 saturated heterocycles. The van der Waals surface area contributed by atoms with Gasteiger partial charge >= 0.3 is 5.97 Å². The summed E-state index contributed by atoms with van der Waals surface area (Å²) < 4.78 is 31.2. The second-order valence-corrected chi connectivity index (χ2v) is 7.85. The first-order valence-electron chi connectivity index (χ1n) is 8.27. The monoisotopic (exact) mass is 390 g/mol. The zero-order valence-corrected chi connectivity index (χ0v) is 16.2. The van der Waals surface area contributed by atoms with Crippen LogP contribution < -0.4 is 10.0 Å². The predicted molar refractivity (Wildman–Crippen MR) is 102 cm³/mol. The van der Waals surface area contributed by atoms with Gasteiger partial charge in [-0.05, 0) is 49.7 Å². The molecule has 0 bridgehead atoms. The van der Waals surface area contributed by atoms with Crippen LogP contribution in [0.25, 0.3) is 0 Å². The lowest BCUT2D eigenvalue weighted by Gasteiger charge is -2.11. The van der Waals surface area contributed by atoms with Crippen LogP contribution in [-0.2, 0) is 30.8 Å². The molecule has 0 fully saturated rings. The number of benzene rings is 2. The molecule has 27 heavy (non-hydrogen) atoms. The summed E-state index contributed by atoms with van der Waals surface area (Å²) in [6, 6.07) is 11.9. The minimum absolute atomic E-state index is 0.0688. The number of nitrogens with one attached hydrogen (secondary N) is 2. The molecule has 0 aliphatic heterocycles. The minimum Gasteiger partial charge on any atom is -0.455 e. The average Bonchev–Trinajstić information content (AvgIpc) is 2.63. The molecule has 0 atom stereocenters. The standard InChI is InChI=1S/C19H22N2O5S/c1-13-6-4-5-7-15(13)10-19(23)26-12-18(22)21-16-9-8-14(2)17(11-16)27(24,25)20-3/h4-9,11,20H,10,12H2,1-3H3,(H,21,22). The van der Waals surface area contributed by atoms with Gasteiger partial charge in [0, 0.05) is 5.69 Å². The summed E-state index contributed by atoms with van der Waals surface area (Å²) in [7, 11) is -2.32. The molecule has 144 valence electrons. The van der Waals surface area contributed by atoms with Crippen LogP contribution in [0.15, 0.2) is 47.4 Å². The van der Waals surface area contributed by atoms with E-state index in [4.69, 9.17) is 4.74 Å². The van der Waals surface area contributed by atoms with Crippen LogP contribution in [0.2, 0.25) is 0 Å². The van der Waals surface area contributed by atoms with E-state index in [1.807, 2.05) is 31.2 Å². The molecular weight excluding hydrogens is 368 g/mol. The Kier molecular flexibility index (Phi) is 6.70. The molecule has 2 aromatic carbocycles. The van der Waals surface area contributed by atoms with E-state index >= 15 is 0 Å². The van der Waals surface area contributed by atoms with Crippen LogP contribution >= 0.6 is 0 Å². The summed E-state index contributed by atoms with van der Waals surface area (Å²) >= 11 is 0. The molecule has 0 saturated carbocycles. The molecule has 0 aromatic heterocycles. The Morgan fingerprint density at radius 2 is 1.74 bits per heavy atom. The predicted octanol–water partition coefficient (Wildman–Crippen LogP) is 1.94. The molecular formula is C19H22N2O5S. The number of anilines is 1. The second kappa shape index (κ2) is 8.79. The van der Waals surface area contributed by atoms with Crippen LogP contribution in [-0.4, -0.2) is 33.9 Å². The van der Waals surface area contributed by atoms with Crippen molar-refractivity contribution in [2.75, 3.05) is 19.0 Å². The molecule has 0 aliphatic carbocycles. The number of carbonyl (C=O) groups is 2. The average molecular weight is 390 g/mol. The van der Waals surface area contributed by atoms with Gasteiger partial charge in [-0.3, -0.25) is 9.59 Å². The van der Waals surface area contributed by atoms with E-state index in [0.29, 0.717) is 11.3 Å². The molecule has 2 N–H and O–H groups in total. The molecule has 2 rings (SSSR count). The molecule has 0 spiro atoms. The molecule has 0 heterocycles. The summed E-state index contributed by atoms with van der Waals surface area (Å²) in [6.45, 7) is 3.10. The quantitative estimate of drug-likeness (QED) is 0.704. The number of ether oxygens (including phenoxy) is 1. The van der Waals surface area contributed by atoms with Gasteiger partial charge in [-0.2, -0.15) is 0 Å². The Balaban J connectivity index is 1.95. The Bertz CT molecular complexity index is 954. The first kappa shape index (κ1) is 20.6. The van der Waals surface area contributed by atoms with Gasteiger partial charge in [-0.25, -0.2) is 13.1 Å². The SMILES string of the molecule is CNS(=O)(=O)c1cc(NC(=O)COC(=O)Cc2ccccc2C)ccc1C. The van der Waals surface area contributed by atoms with Crippen LogP contribution in [0, 0.1) is 13.8 Å². The molecule has 8 heteroatoms. The number of aryl methyl sites for hydroxylation is 2. The smallest absolute Gasteiger partial charge is 0.310 e. The number of hydrogen-bond donors (Lipinski definition) is 2. The fraction of sp³-hybridized carbons (Fsp3) is 0.263. The fourth-order valence-electron chi connectivity index (χ4n) is 2.44. The van der Waals surface area contributed by atoms with Gasteiger partial charge in [0.2, 0.25) is 10.0 Å². The summed E-state index contributed by atoms with van der Waals surface area (Å²) in [4.78, 5) is 24.0. The molecule has 0 aliphatic rings. The van der Waals surface area contributed by atoms with Crippen LogP contribution in [0.3, 0.4) is 0 Å². The number of hydrogen-bond acceptors (Lipinski definition) is 5. The third-order valence-corrected chi connectivity index (χ3v) is 5.55. The fourth-order valence-corrected chi connectivity index (χ4v) is 3.43. The van der Waals surface area contributed by atoms with E-state index in [9.17, 15) is 18.0 Å². The van der Waals surface area contributed by atoms with E-state index in [2.05, 4.69) is 10.0 Å². The van der Waals surface area contributed by atoms with Gasteiger partial charge in [0.1, 0.15) is 0 Å². The number of sulfonamides is 1. The topological polar surface area (TPSA) is 102 Å². The Morgan fingerprint density at radius 1 is 1.04 bits per heavy atom. The Morgan fingerprint density at radius 3 is 2.41 bits per heavy atom. The van der Waals surface area contributed by atoms with Crippen molar-refractivity contribution in [1.82, 2.24) is 4.72 Å². The molecule has 1 amide bonds. The maximum atomic E-state index is 12.0. The number of esters is 1. The van der Waals surface area contributed by atoms with Gasteiger partial charge < -0.3 is 10.1 Å². The van der Waals surface area contributed by atoms with Crippen LogP contribution in [0.5, 0.6) is 0 Å². The normalized spacial score (nSPS) is 11.1. The van der Waals surface area contributed by atoms with E-state index in [1.165, 1.54) is 13.1 Å². The molecule has 2 aromatic rings. The van der Waals surface area contributed by atoms with Gasteiger partial charge in [0.15, 0.2) is 6.61 Å². The highest BCUT2D eigenvalue weighted by atomic mass is 32.2. The van der Waals surface area contributed by atoms with Gasteiger partial charge in [-0.15, -0.1) is 0 Å². The van der Waals surface area contributed by atoms with Crippen LogP contribution in [0.4, 0.5) is 5.69 Å². The minimum atomic E-state index is -3.64. The van der Waals surface area contributed by atoms with E-state index in [-0.39, 0.29) is 11.3 Å². The molecule has 0 unspecified atom stereocenters. The lowest BCUT2D eigenvalue weighted by Crippen LogP contribution is -2.23. The van der Waals surface area contributed by atoms with Gasteiger partial charge in [-0.1, -0.05) is 30.3 Å². The summed E-state index contributed by atoms with van der Waals surface area (Å²) in [5.41, 5.74) is 2.65. The molecule has 7 nitrogen and oxygen atoms in total. The number of rotatable bonds is 7.